The zero-order valence-corrected chi connectivity index (χ0v) is 13.3. The highest BCUT2D eigenvalue weighted by molar-refractivity contribution is 6.36. The van der Waals surface area contributed by atoms with Gasteiger partial charge in [0.1, 0.15) is 0 Å². The quantitative estimate of drug-likeness (QED) is 0.903. The van der Waals surface area contributed by atoms with Crippen molar-refractivity contribution in [1.82, 2.24) is 15.1 Å². The Morgan fingerprint density at radius 1 is 1.19 bits per heavy atom. The summed E-state index contributed by atoms with van der Waals surface area (Å²) in [5.74, 6) is 0.00861. The molecule has 6 heteroatoms. The molecule has 1 amide bonds. The lowest BCUT2D eigenvalue weighted by Gasteiger charge is -2.32. The second kappa shape index (κ2) is 6.53. The molecular formula is C15H19Cl2N3O. The van der Waals surface area contributed by atoms with E-state index in [-0.39, 0.29) is 5.91 Å². The van der Waals surface area contributed by atoms with Gasteiger partial charge in [-0.1, -0.05) is 23.2 Å². The standard InChI is InChI=1S/C15H19Cl2N3O/c16-11-1-2-13(14(17)9-11)15(21)20-6-3-12(10-20)19-7-4-18-5-8-19/h1-2,9,12,18H,3-8,10H2. The number of likely N-dealkylation sites (tertiary alicyclic amines) is 1. The van der Waals surface area contributed by atoms with Crippen LogP contribution in [0.4, 0.5) is 0 Å². The van der Waals surface area contributed by atoms with Gasteiger partial charge in [-0.05, 0) is 24.6 Å². The Labute approximate surface area is 135 Å². The van der Waals surface area contributed by atoms with Gasteiger partial charge in [0, 0.05) is 50.3 Å². The predicted molar refractivity (Wildman–Crippen MR) is 85.2 cm³/mol. The summed E-state index contributed by atoms with van der Waals surface area (Å²) < 4.78 is 0. The van der Waals surface area contributed by atoms with Gasteiger partial charge in [0.2, 0.25) is 0 Å². The number of carbonyl (C=O) groups is 1. The smallest absolute Gasteiger partial charge is 0.255 e. The van der Waals surface area contributed by atoms with E-state index in [4.69, 9.17) is 23.2 Å². The first-order chi connectivity index (χ1) is 10.1. The lowest BCUT2D eigenvalue weighted by Crippen LogP contribution is -2.49. The summed E-state index contributed by atoms with van der Waals surface area (Å²) in [5.41, 5.74) is 0.544. The average Bonchev–Trinajstić information content (AvgIpc) is 2.97. The van der Waals surface area contributed by atoms with Crippen molar-refractivity contribution in [3.8, 4) is 0 Å². The fourth-order valence-electron chi connectivity index (χ4n) is 3.10. The van der Waals surface area contributed by atoms with Crippen LogP contribution in [-0.2, 0) is 0 Å². The zero-order valence-electron chi connectivity index (χ0n) is 11.8. The second-order valence-corrected chi connectivity index (χ2v) is 6.45. The van der Waals surface area contributed by atoms with Crippen LogP contribution in [0.25, 0.3) is 0 Å². The number of nitrogens with zero attached hydrogens (tertiary/aromatic N) is 2. The van der Waals surface area contributed by atoms with Gasteiger partial charge in [-0.25, -0.2) is 0 Å². The maximum Gasteiger partial charge on any atom is 0.255 e. The molecule has 114 valence electrons. The minimum absolute atomic E-state index is 0.00861. The summed E-state index contributed by atoms with van der Waals surface area (Å²) in [5, 5.41) is 4.34. The summed E-state index contributed by atoms with van der Waals surface area (Å²) >= 11 is 12.0. The molecule has 2 heterocycles. The van der Waals surface area contributed by atoms with Gasteiger partial charge in [0.25, 0.3) is 5.91 Å². The lowest BCUT2D eigenvalue weighted by molar-refractivity contribution is 0.0773. The normalized spacial score (nSPS) is 23.5. The molecule has 3 rings (SSSR count). The first-order valence-corrected chi connectivity index (χ1v) is 8.10. The number of piperazine rings is 1. The van der Waals surface area contributed by atoms with Gasteiger partial charge in [-0.3, -0.25) is 9.69 Å². The third-order valence-electron chi connectivity index (χ3n) is 4.28. The fraction of sp³-hybridized carbons (Fsp3) is 0.533. The van der Waals surface area contributed by atoms with E-state index in [1.54, 1.807) is 18.2 Å². The number of amides is 1. The van der Waals surface area contributed by atoms with Crippen molar-refractivity contribution in [3.63, 3.8) is 0 Å². The van der Waals surface area contributed by atoms with E-state index >= 15 is 0 Å². The van der Waals surface area contributed by atoms with E-state index in [1.165, 1.54) is 0 Å². The van der Waals surface area contributed by atoms with Crippen LogP contribution in [0.2, 0.25) is 10.0 Å². The van der Waals surface area contributed by atoms with Gasteiger partial charge in [-0.2, -0.15) is 0 Å². The predicted octanol–water partition coefficient (Wildman–Crippen LogP) is 2.11. The van der Waals surface area contributed by atoms with E-state index in [9.17, 15) is 4.79 Å². The Kier molecular flexibility index (Phi) is 4.69. The zero-order chi connectivity index (χ0) is 14.8. The molecule has 4 nitrogen and oxygen atoms in total. The maximum absolute atomic E-state index is 12.6. The Hall–Kier alpha value is -0.810. The molecule has 1 aromatic carbocycles. The summed E-state index contributed by atoms with van der Waals surface area (Å²) in [6.07, 6.45) is 1.04. The Morgan fingerprint density at radius 2 is 1.95 bits per heavy atom. The number of carbonyl (C=O) groups excluding carboxylic acids is 1. The summed E-state index contributed by atoms with van der Waals surface area (Å²) in [4.78, 5) is 17.0. The molecule has 0 aromatic heterocycles. The molecule has 21 heavy (non-hydrogen) atoms. The van der Waals surface area contributed by atoms with E-state index in [1.807, 2.05) is 4.90 Å². The van der Waals surface area contributed by atoms with Crippen LogP contribution in [0.3, 0.4) is 0 Å². The molecule has 0 spiro atoms. The fourth-order valence-corrected chi connectivity index (χ4v) is 3.59. The van der Waals surface area contributed by atoms with Crippen LogP contribution in [-0.4, -0.2) is 61.0 Å². The Morgan fingerprint density at radius 3 is 2.67 bits per heavy atom. The summed E-state index contributed by atoms with van der Waals surface area (Å²) in [6, 6.07) is 5.53. The maximum atomic E-state index is 12.6. The Balaban J connectivity index is 1.66. The topological polar surface area (TPSA) is 35.6 Å². The van der Waals surface area contributed by atoms with Gasteiger partial charge in [-0.15, -0.1) is 0 Å². The largest absolute Gasteiger partial charge is 0.337 e. The SMILES string of the molecule is O=C(c1ccc(Cl)cc1Cl)N1CCC(N2CCNCC2)C1. The molecule has 0 radical (unpaired) electrons. The van der Waals surface area contributed by atoms with E-state index < -0.39 is 0 Å². The molecular weight excluding hydrogens is 309 g/mol. The first-order valence-electron chi connectivity index (χ1n) is 7.34. The van der Waals surface area contributed by atoms with Crippen LogP contribution in [0.5, 0.6) is 0 Å². The minimum Gasteiger partial charge on any atom is -0.337 e. The third kappa shape index (κ3) is 3.34. The number of hydrogen-bond acceptors (Lipinski definition) is 3. The molecule has 0 bridgehead atoms. The number of nitrogens with one attached hydrogen (secondary N) is 1. The first kappa shape index (κ1) is 15.1. The number of rotatable bonds is 2. The van der Waals surface area contributed by atoms with Crippen LogP contribution >= 0.6 is 23.2 Å². The highest BCUT2D eigenvalue weighted by Crippen LogP contribution is 2.25. The Bertz CT molecular complexity index is 532. The summed E-state index contributed by atoms with van der Waals surface area (Å²) in [7, 11) is 0. The van der Waals surface area contributed by atoms with Gasteiger partial charge in [0.15, 0.2) is 0 Å². The van der Waals surface area contributed by atoms with Crippen molar-refractivity contribution in [2.75, 3.05) is 39.3 Å². The van der Waals surface area contributed by atoms with Gasteiger partial charge >= 0.3 is 0 Å². The molecule has 1 aromatic rings. The second-order valence-electron chi connectivity index (χ2n) is 5.60. The molecule has 0 saturated carbocycles. The highest BCUT2D eigenvalue weighted by Gasteiger charge is 2.31. The van der Waals surface area contributed by atoms with Gasteiger partial charge in [0.05, 0.1) is 10.6 Å². The van der Waals surface area contributed by atoms with Crippen LogP contribution < -0.4 is 5.32 Å². The van der Waals surface area contributed by atoms with Crippen molar-refractivity contribution < 1.29 is 4.79 Å². The highest BCUT2D eigenvalue weighted by atomic mass is 35.5. The number of benzene rings is 1. The molecule has 1 unspecified atom stereocenters. The molecule has 0 aliphatic carbocycles. The van der Waals surface area contributed by atoms with E-state index in [2.05, 4.69) is 10.2 Å². The van der Waals surface area contributed by atoms with Crippen molar-refractivity contribution in [2.24, 2.45) is 0 Å². The third-order valence-corrected chi connectivity index (χ3v) is 4.83. The van der Waals surface area contributed by atoms with Crippen LogP contribution in [0.15, 0.2) is 18.2 Å². The van der Waals surface area contributed by atoms with Crippen molar-refractivity contribution in [3.05, 3.63) is 33.8 Å². The van der Waals surface area contributed by atoms with Crippen molar-refractivity contribution in [1.29, 1.82) is 0 Å². The molecule has 2 aliphatic rings. The minimum atomic E-state index is 0.00861. The molecule has 1 N–H and O–H groups in total. The van der Waals surface area contributed by atoms with E-state index in [0.29, 0.717) is 21.7 Å². The molecule has 1 atom stereocenters. The molecule has 2 fully saturated rings. The van der Waals surface area contributed by atoms with Crippen LogP contribution in [0.1, 0.15) is 16.8 Å². The van der Waals surface area contributed by atoms with Crippen molar-refractivity contribution in [2.45, 2.75) is 12.5 Å². The monoisotopic (exact) mass is 327 g/mol. The average molecular weight is 328 g/mol. The number of hydrogen-bond donors (Lipinski definition) is 1. The molecule has 2 saturated heterocycles. The lowest BCUT2D eigenvalue weighted by atomic mass is 10.2. The van der Waals surface area contributed by atoms with Gasteiger partial charge < -0.3 is 10.2 Å². The number of halogens is 2. The van der Waals surface area contributed by atoms with E-state index in [0.717, 1.165) is 45.7 Å². The van der Waals surface area contributed by atoms with Crippen molar-refractivity contribution >= 4 is 29.1 Å². The van der Waals surface area contributed by atoms with Crippen LogP contribution in [0, 0.1) is 0 Å². The molecule has 2 aliphatic heterocycles. The summed E-state index contributed by atoms with van der Waals surface area (Å²) in [6.45, 7) is 5.79.